The summed E-state index contributed by atoms with van der Waals surface area (Å²) in [5.74, 6) is -1.51. The van der Waals surface area contributed by atoms with Crippen LogP contribution in [0.2, 0.25) is 0 Å². The molecule has 0 aliphatic rings. The van der Waals surface area contributed by atoms with Crippen molar-refractivity contribution in [1.29, 1.82) is 0 Å². The summed E-state index contributed by atoms with van der Waals surface area (Å²) >= 11 is 0.845. The highest BCUT2D eigenvalue weighted by atomic mass is 32.1. The fourth-order valence-electron chi connectivity index (χ4n) is 2.40. The molecule has 2 rings (SSSR count). The molecule has 9 nitrogen and oxygen atoms in total. The molecule has 1 aromatic heterocycles. The SMILES string of the molecule is COC(=O)c1sc(N)c(C(=O)OC)c1COC(=O)c1cc(OC)ccc1OC. The van der Waals surface area contributed by atoms with Crippen LogP contribution in [0.1, 0.15) is 36.0 Å². The maximum atomic E-state index is 12.6. The van der Waals surface area contributed by atoms with E-state index >= 15 is 0 Å². The topological polar surface area (TPSA) is 123 Å². The monoisotopic (exact) mass is 409 g/mol. The number of benzene rings is 1. The molecule has 0 amide bonds. The zero-order valence-corrected chi connectivity index (χ0v) is 16.5. The second-order valence-electron chi connectivity index (χ2n) is 5.27. The predicted molar refractivity (Wildman–Crippen MR) is 100 cm³/mol. The molecule has 0 spiro atoms. The van der Waals surface area contributed by atoms with Gasteiger partial charge in [0.2, 0.25) is 0 Å². The lowest BCUT2D eigenvalue weighted by atomic mass is 10.1. The first-order chi connectivity index (χ1) is 13.4. The summed E-state index contributed by atoms with van der Waals surface area (Å²) in [5, 5.41) is 0.0530. The van der Waals surface area contributed by atoms with Crippen molar-refractivity contribution in [3.63, 3.8) is 0 Å². The number of ether oxygens (including phenoxy) is 5. The minimum absolute atomic E-state index is 0.0432. The molecule has 0 aliphatic carbocycles. The molecule has 1 aromatic carbocycles. The first kappa shape index (κ1) is 21.0. The average molecular weight is 409 g/mol. The number of hydrogen-bond donors (Lipinski definition) is 1. The number of nitrogens with two attached hydrogens (primary N) is 1. The largest absolute Gasteiger partial charge is 0.497 e. The second-order valence-corrected chi connectivity index (χ2v) is 6.33. The number of methoxy groups -OCH3 is 4. The summed E-state index contributed by atoms with van der Waals surface area (Å²) in [7, 11) is 5.22. The molecule has 150 valence electrons. The molecule has 0 radical (unpaired) electrons. The number of thiophene rings is 1. The second kappa shape index (κ2) is 9.09. The van der Waals surface area contributed by atoms with E-state index in [4.69, 9.17) is 29.4 Å². The Kier molecular flexibility index (Phi) is 6.83. The molecule has 0 aliphatic heterocycles. The summed E-state index contributed by atoms with van der Waals surface area (Å²) in [6.07, 6.45) is 0. The highest BCUT2D eigenvalue weighted by Crippen LogP contribution is 2.33. The van der Waals surface area contributed by atoms with Gasteiger partial charge in [-0.05, 0) is 18.2 Å². The number of nitrogen functional groups attached to an aromatic ring is 1. The van der Waals surface area contributed by atoms with Crippen LogP contribution in [-0.2, 0) is 20.8 Å². The minimum atomic E-state index is -0.756. The van der Waals surface area contributed by atoms with Crippen LogP contribution >= 0.6 is 11.3 Å². The van der Waals surface area contributed by atoms with Gasteiger partial charge >= 0.3 is 17.9 Å². The summed E-state index contributed by atoms with van der Waals surface area (Å²) in [4.78, 5) is 36.7. The van der Waals surface area contributed by atoms with Gasteiger partial charge in [-0.1, -0.05) is 0 Å². The maximum absolute atomic E-state index is 12.6. The molecule has 10 heteroatoms. The molecule has 2 aromatic rings. The van der Waals surface area contributed by atoms with Crippen LogP contribution in [0.3, 0.4) is 0 Å². The fraction of sp³-hybridized carbons (Fsp3) is 0.278. The van der Waals surface area contributed by atoms with E-state index in [0.29, 0.717) is 5.75 Å². The van der Waals surface area contributed by atoms with Gasteiger partial charge < -0.3 is 29.4 Å². The molecule has 28 heavy (non-hydrogen) atoms. The van der Waals surface area contributed by atoms with Gasteiger partial charge in [-0.25, -0.2) is 14.4 Å². The van der Waals surface area contributed by atoms with Crippen LogP contribution < -0.4 is 15.2 Å². The van der Waals surface area contributed by atoms with Gasteiger partial charge in [0, 0.05) is 5.56 Å². The molecule has 0 atom stereocenters. The molecule has 1 heterocycles. The molecule has 0 unspecified atom stereocenters. The Labute approximate surface area is 164 Å². The van der Waals surface area contributed by atoms with Crippen molar-refractivity contribution in [2.45, 2.75) is 6.61 Å². The smallest absolute Gasteiger partial charge is 0.348 e. The van der Waals surface area contributed by atoms with Crippen molar-refractivity contribution >= 4 is 34.2 Å². The normalized spacial score (nSPS) is 10.1. The van der Waals surface area contributed by atoms with Crippen LogP contribution in [0.15, 0.2) is 18.2 Å². The van der Waals surface area contributed by atoms with Gasteiger partial charge in [-0.3, -0.25) is 0 Å². The highest BCUT2D eigenvalue weighted by Gasteiger charge is 2.28. The highest BCUT2D eigenvalue weighted by molar-refractivity contribution is 7.18. The van der Waals surface area contributed by atoms with Crippen molar-refractivity contribution < 1.29 is 38.1 Å². The number of carbonyl (C=O) groups is 3. The van der Waals surface area contributed by atoms with Crippen molar-refractivity contribution in [2.75, 3.05) is 34.2 Å². The third kappa shape index (κ3) is 4.17. The Hall–Kier alpha value is -3.27. The van der Waals surface area contributed by atoms with Crippen molar-refractivity contribution in [1.82, 2.24) is 0 Å². The Balaban J connectivity index is 2.37. The fourth-order valence-corrected chi connectivity index (χ4v) is 3.37. The Bertz CT molecular complexity index is 905. The molecule has 2 N–H and O–H groups in total. The molecule has 0 fully saturated rings. The van der Waals surface area contributed by atoms with Crippen LogP contribution in [-0.4, -0.2) is 46.3 Å². The van der Waals surface area contributed by atoms with E-state index in [1.165, 1.54) is 34.5 Å². The van der Waals surface area contributed by atoms with Crippen LogP contribution in [0.25, 0.3) is 0 Å². The molecule has 0 bridgehead atoms. The first-order valence-electron chi connectivity index (χ1n) is 7.84. The van der Waals surface area contributed by atoms with Gasteiger partial charge in [0.15, 0.2) is 0 Å². The summed E-state index contributed by atoms with van der Waals surface area (Å²) in [6, 6.07) is 4.63. The van der Waals surface area contributed by atoms with Crippen molar-refractivity contribution in [3.8, 4) is 11.5 Å². The Morgan fingerprint density at radius 3 is 2.21 bits per heavy atom. The van der Waals surface area contributed by atoms with Gasteiger partial charge in [0.25, 0.3) is 0 Å². The number of anilines is 1. The summed E-state index contributed by atoms with van der Waals surface area (Å²) in [5.41, 5.74) is 6.02. The minimum Gasteiger partial charge on any atom is -0.497 e. The van der Waals surface area contributed by atoms with Crippen molar-refractivity contribution in [2.24, 2.45) is 0 Å². The van der Waals surface area contributed by atoms with Crippen LogP contribution in [0, 0.1) is 0 Å². The molecule has 0 saturated carbocycles. The lowest BCUT2D eigenvalue weighted by Crippen LogP contribution is -2.13. The predicted octanol–water partition coefficient (Wildman–Crippen LogP) is 2.28. The lowest BCUT2D eigenvalue weighted by molar-refractivity contribution is 0.0449. The zero-order chi connectivity index (χ0) is 20.8. The van der Waals surface area contributed by atoms with Gasteiger partial charge in [-0.15, -0.1) is 11.3 Å². The van der Waals surface area contributed by atoms with E-state index in [1.54, 1.807) is 12.1 Å². The summed E-state index contributed by atoms with van der Waals surface area (Å²) < 4.78 is 25.0. The standard InChI is InChI=1S/C18H19NO8S/c1-23-9-5-6-12(24-2)10(7-9)16(20)27-8-11-13(17(21)25-3)15(19)28-14(11)18(22)26-4/h5-7H,8,19H2,1-4H3. The third-order valence-corrected chi connectivity index (χ3v) is 4.81. The van der Waals surface area contributed by atoms with Crippen molar-refractivity contribution in [3.05, 3.63) is 39.8 Å². The van der Waals surface area contributed by atoms with E-state index in [9.17, 15) is 14.4 Å². The van der Waals surface area contributed by atoms with Gasteiger partial charge in [0.1, 0.15) is 39.1 Å². The van der Waals surface area contributed by atoms with Gasteiger partial charge in [-0.2, -0.15) is 0 Å². The number of hydrogen-bond acceptors (Lipinski definition) is 10. The third-order valence-electron chi connectivity index (χ3n) is 3.77. The Morgan fingerprint density at radius 2 is 1.64 bits per heavy atom. The first-order valence-corrected chi connectivity index (χ1v) is 8.66. The van der Waals surface area contributed by atoms with E-state index < -0.39 is 24.5 Å². The van der Waals surface area contributed by atoms with Crippen LogP contribution in [0.5, 0.6) is 11.5 Å². The van der Waals surface area contributed by atoms with Gasteiger partial charge in [0.05, 0.1) is 28.4 Å². The zero-order valence-electron chi connectivity index (χ0n) is 15.7. The molecular weight excluding hydrogens is 390 g/mol. The number of rotatable bonds is 7. The number of esters is 3. The Morgan fingerprint density at radius 1 is 0.964 bits per heavy atom. The van der Waals surface area contributed by atoms with E-state index in [0.717, 1.165) is 11.3 Å². The maximum Gasteiger partial charge on any atom is 0.348 e. The quantitative estimate of drug-likeness (QED) is 0.542. The van der Waals surface area contributed by atoms with E-state index in [1.807, 2.05) is 0 Å². The van der Waals surface area contributed by atoms with E-state index in [-0.39, 0.29) is 32.3 Å². The van der Waals surface area contributed by atoms with Crippen LogP contribution in [0.4, 0.5) is 5.00 Å². The average Bonchev–Trinajstić information content (AvgIpc) is 3.06. The molecule has 0 saturated heterocycles. The van der Waals surface area contributed by atoms with E-state index in [2.05, 4.69) is 0 Å². The lowest BCUT2D eigenvalue weighted by Gasteiger charge is -2.11. The molecular formula is C18H19NO8S. The number of carbonyl (C=O) groups excluding carboxylic acids is 3. The summed E-state index contributed by atoms with van der Waals surface area (Å²) in [6.45, 7) is -0.401.